The van der Waals surface area contributed by atoms with Crippen molar-refractivity contribution in [3.63, 3.8) is 0 Å². The second kappa shape index (κ2) is 5.59. The Morgan fingerprint density at radius 1 is 1.50 bits per heavy atom. The molecule has 94 valence electrons. The number of oxime groups is 1. The number of ether oxygens (including phenoxy) is 1. The summed E-state index contributed by atoms with van der Waals surface area (Å²) in [7, 11) is 0. The smallest absolute Gasteiger partial charge is 0.356 e. The van der Waals surface area contributed by atoms with Crippen molar-refractivity contribution in [3.05, 3.63) is 29.3 Å². The summed E-state index contributed by atoms with van der Waals surface area (Å²) < 4.78 is 5.82. The van der Waals surface area contributed by atoms with Gasteiger partial charge in [-0.25, -0.2) is 9.78 Å². The molecule has 0 amide bonds. The van der Waals surface area contributed by atoms with E-state index in [1.54, 1.807) is 6.92 Å². The molecule has 0 radical (unpaired) electrons. The van der Waals surface area contributed by atoms with Crippen LogP contribution < -0.4 is 0 Å². The highest BCUT2D eigenvalue weighted by atomic mass is 32.1. The van der Waals surface area contributed by atoms with E-state index in [1.165, 1.54) is 11.3 Å². The maximum Gasteiger partial charge on any atom is 0.356 e. The normalized spacial score (nSPS) is 11.7. The Labute approximate surface area is 108 Å². The summed E-state index contributed by atoms with van der Waals surface area (Å²) in [6.45, 7) is 1.95. The van der Waals surface area contributed by atoms with Crippen molar-refractivity contribution in [2.24, 2.45) is 5.16 Å². The molecule has 0 saturated heterocycles. The van der Waals surface area contributed by atoms with Crippen molar-refractivity contribution >= 4 is 33.2 Å². The number of nitrogens with zero attached hydrogens (tertiary/aromatic N) is 2. The summed E-state index contributed by atoms with van der Waals surface area (Å²) >= 11 is 1.47. The fourth-order valence-electron chi connectivity index (χ4n) is 1.50. The van der Waals surface area contributed by atoms with Crippen molar-refractivity contribution in [1.29, 1.82) is 0 Å². The van der Waals surface area contributed by atoms with Crippen LogP contribution in [0.25, 0.3) is 10.2 Å². The first-order valence-corrected chi connectivity index (χ1v) is 6.28. The van der Waals surface area contributed by atoms with E-state index in [0.717, 1.165) is 15.2 Å². The third kappa shape index (κ3) is 2.65. The molecular weight excluding hydrogens is 252 g/mol. The molecule has 2 aromatic rings. The first kappa shape index (κ1) is 12.5. The maximum atomic E-state index is 11.5. The third-order valence-corrected chi connectivity index (χ3v) is 3.32. The quantitative estimate of drug-likeness (QED) is 0.398. The zero-order valence-electron chi connectivity index (χ0n) is 9.79. The lowest BCUT2D eigenvalue weighted by molar-refractivity contribution is -0.135. The highest BCUT2D eigenvalue weighted by Gasteiger charge is 2.16. The van der Waals surface area contributed by atoms with E-state index in [0.29, 0.717) is 0 Å². The van der Waals surface area contributed by atoms with E-state index in [4.69, 9.17) is 9.94 Å². The van der Waals surface area contributed by atoms with Crippen LogP contribution in [0.5, 0.6) is 0 Å². The molecule has 0 fully saturated rings. The Morgan fingerprint density at radius 3 is 2.94 bits per heavy atom. The van der Waals surface area contributed by atoms with Gasteiger partial charge in [0.1, 0.15) is 5.01 Å². The molecule has 0 aliphatic carbocycles. The Hall–Kier alpha value is -1.95. The monoisotopic (exact) mass is 264 g/mol. The average Bonchev–Trinajstić information content (AvgIpc) is 2.78. The molecule has 6 heteroatoms. The maximum absolute atomic E-state index is 11.5. The predicted octanol–water partition coefficient (Wildman–Crippen LogP) is 2.23. The minimum absolute atomic E-state index is 0.0316. The molecule has 0 unspecified atom stereocenters. The number of rotatable bonds is 4. The van der Waals surface area contributed by atoms with Gasteiger partial charge in [0.15, 0.2) is 5.71 Å². The van der Waals surface area contributed by atoms with E-state index in [1.807, 2.05) is 24.3 Å². The summed E-state index contributed by atoms with van der Waals surface area (Å²) in [5.41, 5.74) is 0.842. The highest BCUT2D eigenvalue weighted by molar-refractivity contribution is 7.18. The minimum Gasteiger partial charge on any atom is -0.461 e. The topological polar surface area (TPSA) is 71.8 Å². The van der Waals surface area contributed by atoms with Gasteiger partial charge in [-0.2, -0.15) is 0 Å². The second-order valence-corrected chi connectivity index (χ2v) is 4.63. The molecule has 0 bridgehead atoms. The lowest BCUT2D eigenvalue weighted by Crippen LogP contribution is -2.19. The largest absolute Gasteiger partial charge is 0.461 e. The number of benzene rings is 1. The lowest BCUT2D eigenvalue weighted by atomic mass is 10.3. The number of thiazole rings is 1. The summed E-state index contributed by atoms with van der Waals surface area (Å²) in [4.78, 5) is 15.8. The van der Waals surface area contributed by atoms with Crippen LogP contribution in [0.15, 0.2) is 29.4 Å². The number of esters is 1. The predicted molar refractivity (Wildman–Crippen MR) is 69.2 cm³/mol. The van der Waals surface area contributed by atoms with Gasteiger partial charge in [-0.1, -0.05) is 17.3 Å². The number of fused-ring (bicyclic) bond motifs is 1. The summed E-state index contributed by atoms with van der Waals surface area (Å²) in [6.07, 6.45) is 0.175. The van der Waals surface area contributed by atoms with Crippen LogP contribution in [0.4, 0.5) is 0 Å². The van der Waals surface area contributed by atoms with Crippen LogP contribution in [-0.2, 0) is 16.0 Å². The van der Waals surface area contributed by atoms with Crippen molar-refractivity contribution in [1.82, 2.24) is 4.98 Å². The van der Waals surface area contributed by atoms with Gasteiger partial charge < -0.3 is 9.94 Å². The van der Waals surface area contributed by atoms with Crippen molar-refractivity contribution in [3.8, 4) is 0 Å². The lowest BCUT2D eigenvalue weighted by Gasteiger charge is -2.01. The molecule has 1 aromatic carbocycles. The molecule has 5 nitrogen and oxygen atoms in total. The Bertz CT molecular complexity index is 559. The standard InChI is InChI=1S/C12H12N2O3S/c1-2-17-12(15)9(14-16)7-11-13-8-5-3-4-6-10(8)18-11/h3-6,16H,2,7H2,1H3/b14-9-. The second-order valence-electron chi connectivity index (χ2n) is 3.52. The summed E-state index contributed by atoms with van der Waals surface area (Å²) in [6, 6.07) is 7.68. The van der Waals surface area contributed by atoms with Crippen LogP contribution in [0.2, 0.25) is 0 Å². The van der Waals surface area contributed by atoms with E-state index in [9.17, 15) is 4.79 Å². The van der Waals surface area contributed by atoms with Gasteiger partial charge in [-0.05, 0) is 19.1 Å². The molecule has 1 N–H and O–H groups in total. The van der Waals surface area contributed by atoms with E-state index in [-0.39, 0.29) is 18.7 Å². The third-order valence-electron chi connectivity index (χ3n) is 2.29. The highest BCUT2D eigenvalue weighted by Crippen LogP contribution is 2.22. The number of hydrogen-bond acceptors (Lipinski definition) is 6. The first-order valence-electron chi connectivity index (χ1n) is 5.47. The molecule has 18 heavy (non-hydrogen) atoms. The van der Waals surface area contributed by atoms with Gasteiger partial charge in [0, 0.05) is 0 Å². The van der Waals surface area contributed by atoms with Crippen LogP contribution in [0.3, 0.4) is 0 Å². The number of hydrogen-bond donors (Lipinski definition) is 1. The first-order chi connectivity index (χ1) is 8.74. The van der Waals surface area contributed by atoms with Crippen LogP contribution >= 0.6 is 11.3 Å². The molecule has 0 saturated carbocycles. The Balaban J connectivity index is 2.19. The van der Waals surface area contributed by atoms with Gasteiger partial charge in [0.05, 0.1) is 23.2 Å². The molecule has 0 aliphatic rings. The van der Waals surface area contributed by atoms with Crippen molar-refractivity contribution in [2.75, 3.05) is 6.61 Å². The fraction of sp³-hybridized carbons (Fsp3) is 0.250. The molecule has 0 aliphatic heterocycles. The van der Waals surface area contributed by atoms with E-state index < -0.39 is 5.97 Å². The zero-order chi connectivity index (χ0) is 13.0. The molecule has 1 aromatic heterocycles. The van der Waals surface area contributed by atoms with Gasteiger partial charge in [0.2, 0.25) is 0 Å². The van der Waals surface area contributed by atoms with Crippen LogP contribution in [-0.4, -0.2) is 28.5 Å². The number of carbonyl (C=O) groups is 1. The number of carbonyl (C=O) groups excluding carboxylic acids is 1. The van der Waals surface area contributed by atoms with Crippen LogP contribution in [0, 0.1) is 0 Å². The average molecular weight is 264 g/mol. The zero-order valence-corrected chi connectivity index (χ0v) is 10.6. The molecule has 1 heterocycles. The minimum atomic E-state index is -0.612. The van der Waals surface area contributed by atoms with Gasteiger partial charge in [-0.15, -0.1) is 11.3 Å². The molecule has 0 spiro atoms. The molecule has 2 rings (SSSR count). The number of aromatic nitrogens is 1. The van der Waals surface area contributed by atoms with Gasteiger partial charge in [-0.3, -0.25) is 0 Å². The van der Waals surface area contributed by atoms with Gasteiger partial charge in [0.25, 0.3) is 0 Å². The number of para-hydroxylation sites is 1. The van der Waals surface area contributed by atoms with Crippen LogP contribution in [0.1, 0.15) is 11.9 Å². The SMILES string of the molecule is CCOC(=O)/C(Cc1nc2ccccc2s1)=N\O. The fourth-order valence-corrected chi connectivity index (χ4v) is 2.47. The van der Waals surface area contributed by atoms with E-state index >= 15 is 0 Å². The van der Waals surface area contributed by atoms with E-state index in [2.05, 4.69) is 10.1 Å². The summed E-state index contributed by atoms with van der Waals surface area (Å²) in [5.74, 6) is -0.612. The Kier molecular flexibility index (Phi) is 3.88. The Morgan fingerprint density at radius 2 is 2.28 bits per heavy atom. The van der Waals surface area contributed by atoms with Crippen molar-refractivity contribution in [2.45, 2.75) is 13.3 Å². The molecular formula is C12H12N2O3S. The summed E-state index contributed by atoms with van der Waals surface area (Å²) in [5, 5.41) is 12.5. The van der Waals surface area contributed by atoms with Crippen molar-refractivity contribution < 1.29 is 14.7 Å². The van der Waals surface area contributed by atoms with Gasteiger partial charge >= 0.3 is 5.97 Å². The molecule has 0 atom stereocenters.